The van der Waals surface area contributed by atoms with Crippen LogP contribution >= 0.6 is 0 Å². The smallest absolute Gasteiger partial charge is 0.295 e. The molecule has 1 aromatic carbocycles. The van der Waals surface area contributed by atoms with Crippen molar-refractivity contribution in [2.45, 2.75) is 32.2 Å². The van der Waals surface area contributed by atoms with Gasteiger partial charge in [0.15, 0.2) is 0 Å². The van der Waals surface area contributed by atoms with Crippen molar-refractivity contribution < 1.29 is 4.92 Å². The summed E-state index contributed by atoms with van der Waals surface area (Å²) in [5.74, 6) is 0. The van der Waals surface area contributed by atoms with Gasteiger partial charge in [-0.05, 0) is 32.8 Å². The zero-order valence-corrected chi connectivity index (χ0v) is 8.91. The quantitative estimate of drug-likeness (QED) is 0.611. The van der Waals surface area contributed by atoms with E-state index in [1.807, 2.05) is 6.07 Å². The third-order valence-electron chi connectivity index (χ3n) is 2.86. The van der Waals surface area contributed by atoms with E-state index in [-0.39, 0.29) is 16.1 Å². The Morgan fingerprint density at radius 1 is 1.47 bits per heavy atom. The van der Waals surface area contributed by atoms with Crippen LogP contribution in [0.5, 0.6) is 0 Å². The maximum atomic E-state index is 10.9. The second kappa shape index (κ2) is 3.22. The lowest BCUT2D eigenvalue weighted by Gasteiger charge is -2.13. The highest BCUT2D eigenvalue weighted by Crippen LogP contribution is 2.41. The van der Waals surface area contributed by atoms with Crippen LogP contribution in [0.2, 0.25) is 0 Å². The number of rotatable bonds is 3. The Balaban J connectivity index is 2.37. The summed E-state index contributed by atoms with van der Waals surface area (Å²) < 4.78 is 0. The number of nitrogens with zero attached hydrogens (tertiary/aromatic N) is 1. The third-order valence-corrected chi connectivity index (χ3v) is 2.86. The number of nitrogens with one attached hydrogen (secondary N) is 1. The lowest BCUT2D eigenvalue weighted by molar-refractivity contribution is -0.384. The number of hydrogen-bond acceptors (Lipinski definition) is 3. The third kappa shape index (κ3) is 1.93. The first kappa shape index (κ1) is 9.96. The second-order valence-corrected chi connectivity index (χ2v) is 4.41. The Bertz CT molecular complexity index is 411. The van der Waals surface area contributed by atoms with Gasteiger partial charge in [0, 0.05) is 11.1 Å². The lowest BCUT2D eigenvalue weighted by Crippen LogP contribution is -2.17. The number of benzene rings is 1. The molecule has 0 atom stereocenters. The molecule has 0 bridgehead atoms. The molecular weight excluding hydrogens is 192 g/mol. The van der Waals surface area contributed by atoms with Crippen molar-refractivity contribution in [2.75, 3.05) is 5.32 Å². The summed E-state index contributed by atoms with van der Waals surface area (Å²) in [6.07, 6.45) is 2.16. The highest BCUT2D eigenvalue weighted by molar-refractivity contribution is 5.66. The van der Waals surface area contributed by atoms with Crippen molar-refractivity contribution in [3.63, 3.8) is 0 Å². The molecule has 2 rings (SSSR count). The Labute approximate surface area is 88.5 Å². The van der Waals surface area contributed by atoms with Crippen LogP contribution < -0.4 is 5.32 Å². The molecule has 0 aliphatic heterocycles. The molecule has 1 aliphatic carbocycles. The summed E-state index contributed by atoms with van der Waals surface area (Å²) in [7, 11) is 0. The molecule has 1 saturated carbocycles. The summed E-state index contributed by atoms with van der Waals surface area (Å²) >= 11 is 0. The fourth-order valence-corrected chi connectivity index (χ4v) is 1.64. The van der Waals surface area contributed by atoms with Crippen LogP contribution in [0.25, 0.3) is 0 Å². The van der Waals surface area contributed by atoms with Gasteiger partial charge < -0.3 is 5.32 Å². The number of para-hydroxylation sites is 1. The predicted molar refractivity (Wildman–Crippen MR) is 59.1 cm³/mol. The average Bonchev–Trinajstić information content (AvgIpc) is 2.82. The second-order valence-electron chi connectivity index (χ2n) is 4.41. The van der Waals surface area contributed by atoms with Crippen molar-refractivity contribution in [3.05, 3.63) is 33.9 Å². The van der Waals surface area contributed by atoms with E-state index < -0.39 is 0 Å². The van der Waals surface area contributed by atoms with Crippen LogP contribution in [-0.4, -0.2) is 10.5 Å². The summed E-state index contributed by atoms with van der Waals surface area (Å²) in [5, 5.41) is 14.2. The molecule has 1 aromatic rings. The minimum absolute atomic E-state index is 0.0680. The first-order chi connectivity index (χ1) is 7.02. The highest BCUT2D eigenvalue weighted by Gasteiger charge is 2.38. The van der Waals surface area contributed by atoms with E-state index in [0.29, 0.717) is 11.3 Å². The largest absolute Gasteiger partial charge is 0.374 e. The Morgan fingerprint density at radius 2 is 2.13 bits per heavy atom. The topological polar surface area (TPSA) is 55.2 Å². The molecule has 0 unspecified atom stereocenters. The monoisotopic (exact) mass is 206 g/mol. The molecular formula is C11H14N2O2. The lowest BCUT2D eigenvalue weighted by atomic mass is 10.1. The van der Waals surface area contributed by atoms with Gasteiger partial charge in [0.2, 0.25) is 0 Å². The van der Waals surface area contributed by atoms with Crippen LogP contribution in [0.4, 0.5) is 11.4 Å². The molecule has 0 aromatic heterocycles. The number of nitro groups is 1. The molecule has 4 nitrogen and oxygen atoms in total. The van der Waals surface area contributed by atoms with E-state index in [0.717, 1.165) is 12.8 Å². The first-order valence-corrected chi connectivity index (χ1v) is 5.04. The van der Waals surface area contributed by atoms with Gasteiger partial charge in [-0.1, -0.05) is 12.1 Å². The molecule has 0 heterocycles. The zero-order valence-electron chi connectivity index (χ0n) is 8.91. The average molecular weight is 206 g/mol. The Kier molecular flexibility index (Phi) is 2.14. The summed E-state index contributed by atoms with van der Waals surface area (Å²) in [6.45, 7) is 3.84. The number of nitro benzene ring substituents is 1. The van der Waals surface area contributed by atoms with Gasteiger partial charge in [0.25, 0.3) is 5.69 Å². The predicted octanol–water partition coefficient (Wildman–Crippen LogP) is 2.87. The summed E-state index contributed by atoms with van der Waals surface area (Å²) in [4.78, 5) is 10.6. The molecule has 0 amide bonds. The van der Waals surface area contributed by atoms with Crippen molar-refractivity contribution in [1.29, 1.82) is 0 Å². The van der Waals surface area contributed by atoms with Gasteiger partial charge in [-0.3, -0.25) is 10.1 Å². The van der Waals surface area contributed by atoms with E-state index >= 15 is 0 Å². The van der Waals surface area contributed by atoms with Crippen LogP contribution in [0.15, 0.2) is 18.2 Å². The fraction of sp³-hybridized carbons (Fsp3) is 0.455. The number of hydrogen-bond donors (Lipinski definition) is 1. The minimum atomic E-state index is -0.316. The van der Waals surface area contributed by atoms with E-state index in [2.05, 4.69) is 12.2 Å². The van der Waals surface area contributed by atoms with E-state index in [9.17, 15) is 10.1 Å². The molecule has 0 spiro atoms. The van der Waals surface area contributed by atoms with E-state index in [1.165, 1.54) is 0 Å². The molecule has 1 fully saturated rings. The molecule has 0 saturated heterocycles. The van der Waals surface area contributed by atoms with E-state index in [1.54, 1.807) is 19.1 Å². The maximum absolute atomic E-state index is 10.9. The van der Waals surface area contributed by atoms with Gasteiger partial charge in [0.1, 0.15) is 5.69 Å². The van der Waals surface area contributed by atoms with Crippen molar-refractivity contribution in [3.8, 4) is 0 Å². The standard InChI is InChI=1S/C11H14N2O2/c1-8-4-3-5-9(10(8)13(14)15)12-11(2)6-7-11/h3-5,12H,6-7H2,1-2H3. The molecule has 1 aliphatic rings. The van der Waals surface area contributed by atoms with Gasteiger partial charge in [0.05, 0.1) is 4.92 Å². The minimum Gasteiger partial charge on any atom is -0.374 e. The molecule has 4 heteroatoms. The van der Waals surface area contributed by atoms with Crippen LogP contribution in [0.3, 0.4) is 0 Å². The van der Waals surface area contributed by atoms with Crippen LogP contribution in [0.1, 0.15) is 25.3 Å². The Morgan fingerprint density at radius 3 is 2.67 bits per heavy atom. The van der Waals surface area contributed by atoms with Crippen molar-refractivity contribution >= 4 is 11.4 Å². The zero-order chi connectivity index (χ0) is 11.1. The van der Waals surface area contributed by atoms with Gasteiger partial charge in [-0.2, -0.15) is 0 Å². The van der Waals surface area contributed by atoms with Crippen molar-refractivity contribution in [1.82, 2.24) is 0 Å². The summed E-state index contributed by atoms with van der Waals surface area (Å²) in [6, 6.07) is 5.38. The summed E-state index contributed by atoms with van der Waals surface area (Å²) in [5.41, 5.74) is 1.61. The Hall–Kier alpha value is -1.58. The van der Waals surface area contributed by atoms with Gasteiger partial charge >= 0.3 is 0 Å². The number of anilines is 1. The van der Waals surface area contributed by atoms with Gasteiger partial charge in [-0.15, -0.1) is 0 Å². The molecule has 80 valence electrons. The molecule has 15 heavy (non-hydrogen) atoms. The molecule has 0 radical (unpaired) electrons. The number of aryl methyl sites for hydroxylation is 1. The first-order valence-electron chi connectivity index (χ1n) is 5.04. The fourth-order valence-electron chi connectivity index (χ4n) is 1.64. The van der Waals surface area contributed by atoms with Crippen LogP contribution in [0, 0.1) is 17.0 Å². The maximum Gasteiger partial charge on any atom is 0.295 e. The van der Waals surface area contributed by atoms with Crippen molar-refractivity contribution in [2.24, 2.45) is 0 Å². The highest BCUT2D eigenvalue weighted by atomic mass is 16.6. The van der Waals surface area contributed by atoms with Crippen LogP contribution in [-0.2, 0) is 0 Å². The van der Waals surface area contributed by atoms with E-state index in [4.69, 9.17) is 0 Å². The van der Waals surface area contributed by atoms with Gasteiger partial charge in [-0.25, -0.2) is 0 Å². The molecule has 1 N–H and O–H groups in total. The normalized spacial score (nSPS) is 17.2. The SMILES string of the molecule is Cc1cccc(NC2(C)CC2)c1[N+](=O)[O-].